The Balaban J connectivity index is 2.23. The monoisotopic (exact) mass is 265 g/mol. The second-order valence-corrected chi connectivity index (χ2v) is 5.01. The molecule has 1 N–H and O–H groups in total. The molecule has 0 unspecified atom stereocenters. The van der Waals surface area contributed by atoms with Crippen molar-refractivity contribution in [1.29, 1.82) is 0 Å². The number of halogens is 1. The van der Waals surface area contributed by atoms with Crippen LogP contribution >= 0.6 is 22.9 Å². The first kappa shape index (κ1) is 12.1. The van der Waals surface area contributed by atoms with Gasteiger partial charge in [0.1, 0.15) is 17.9 Å². The molecular weight excluding hydrogens is 252 g/mol. The molecule has 88 valence electrons. The average Bonchev–Trinajstić information content (AvgIpc) is 2.65. The second-order valence-electron chi connectivity index (χ2n) is 3.71. The van der Waals surface area contributed by atoms with Crippen LogP contribution in [-0.4, -0.2) is 0 Å². The Kier molecular flexibility index (Phi) is 3.82. The maximum atomic E-state index is 5.86. The van der Waals surface area contributed by atoms with Gasteiger partial charge in [-0.25, -0.2) is 9.88 Å². The van der Waals surface area contributed by atoms with Crippen LogP contribution in [0.3, 0.4) is 0 Å². The molecule has 1 aromatic heterocycles. The van der Waals surface area contributed by atoms with Crippen LogP contribution in [0.2, 0.25) is 5.02 Å². The SMILES string of the molecule is C=CC[n+]1c(C)csc1Nc1ccc(Cl)cc1. The number of nitrogens with one attached hydrogen (secondary N) is 1. The lowest BCUT2D eigenvalue weighted by Gasteiger charge is -2.01. The number of benzene rings is 1. The minimum atomic E-state index is 0.747. The van der Waals surface area contributed by atoms with E-state index in [0.717, 1.165) is 22.4 Å². The molecule has 0 radical (unpaired) electrons. The van der Waals surface area contributed by atoms with Gasteiger partial charge in [0.25, 0.3) is 0 Å². The number of rotatable bonds is 4. The van der Waals surface area contributed by atoms with E-state index in [4.69, 9.17) is 11.6 Å². The Labute approximate surface area is 110 Å². The Morgan fingerprint density at radius 3 is 2.76 bits per heavy atom. The number of aromatic nitrogens is 1. The zero-order chi connectivity index (χ0) is 12.3. The zero-order valence-electron chi connectivity index (χ0n) is 9.61. The summed E-state index contributed by atoms with van der Waals surface area (Å²) in [7, 11) is 0. The first-order chi connectivity index (χ1) is 8.20. The van der Waals surface area contributed by atoms with Crippen molar-refractivity contribution in [3.63, 3.8) is 0 Å². The second kappa shape index (κ2) is 5.34. The van der Waals surface area contributed by atoms with E-state index in [-0.39, 0.29) is 0 Å². The first-order valence-corrected chi connectivity index (χ1v) is 6.58. The van der Waals surface area contributed by atoms with Crippen molar-refractivity contribution in [2.24, 2.45) is 0 Å². The number of hydrogen-bond donors (Lipinski definition) is 1. The maximum absolute atomic E-state index is 5.86. The van der Waals surface area contributed by atoms with E-state index in [1.165, 1.54) is 5.69 Å². The Morgan fingerprint density at radius 1 is 1.41 bits per heavy atom. The number of thiazole rings is 1. The maximum Gasteiger partial charge on any atom is 0.339 e. The highest BCUT2D eigenvalue weighted by atomic mass is 35.5. The predicted octanol–water partition coefficient (Wildman–Crippen LogP) is 3.93. The molecule has 0 fully saturated rings. The largest absolute Gasteiger partial charge is 0.339 e. The van der Waals surface area contributed by atoms with Gasteiger partial charge in [0.15, 0.2) is 0 Å². The molecule has 0 saturated heterocycles. The van der Waals surface area contributed by atoms with Crippen LogP contribution in [0.1, 0.15) is 5.69 Å². The molecule has 0 aliphatic heterocycles. The van der Waals surface area contributed by atoms with Gasteiger partial charge >= 0.3 is 5.13 Å². The minimum Gasteiger partial charge on any atom is -0.231 e. The standard InChI is InChI=1S/C13H13ClN2S/c1-3-8-16-10(2)9-17-13(16)15-12-6-4-11(14)5-7-12/h3-7,9H,1,8H2,2H3/p+1. The fraction of sp³-hybridized carbons (Fsp3) is 0.154. The summed E-state index contributed by atoms with van der Waals surface area (Å²) < 4.78 is 2.19. The number of nitrogens with zero attached hydrogens (tertiary/aromatic N) is 1. The lowest BCUT2D eigenvalue weighted by Crippen LogP contribution is -2.35. The fourth-order valence-corrected chi connectivity index (χ4v) is 2.60. The fourth-order valence-electron chi connectivity index (χ4n) is 1.54. The van der Waals surface area contributed by atoms with Gasteiger partial charge in [0, 0.05) is 10.4 Å². The molecule has 0 bridgehead atoms. The predicted molar refractivity (Wildman–Crippen MR) is 74.2 cm³/mol. The number of anilines is 2. The molecule has 0 aliphatic carbocycles. The molecule has 0 atom stereocenters. The minimum absolute atomic E-state index is 0.747. The molecular formula is C13H14ClN2S+. The van der Waals surface area contributed by atoms with Crippen LogP contribution in [0, 0.1) is 6.92 Å². The van der Waals surface area contributed by atoms with Crippen LogP contribution in [-0.2, 0) is 6.54 Å². The van der Waals surface area contributed by atoms with Gasteiger partial charge in [-0.05, 0) is 31.2 Å². The molecule has 0 aliphatic rings. The summed E-state index contributed by atoms with van der Waals surface area (Å²) in [6, 6.07) is 7.69. The normalized spacial score (nSPS) is 10.2. The van der Waals surface area contributed by atoms with E-state index >= 15 is 0 Å². The highest BCUT2D eigenvalue weighted by Crippen LogP contribution is 2.20. The summed E-state index contributed by atoms with van der Waals surface area (Å²) in [6.45, 7) is 6.68. The number of allylic oxidation sites excluding steroid dienone is 1. The summed E-state index contributed by atoms with van der Waals surface area (Å²) in [4.78, 5) is 0. The number of aryl methyl sites for hydroxylation is 1. The third-order valence-electron chi connectivity index (χ3n) is 2.42. The molecule has 2 aromatic rings. The molecule has 17 heavy (non-hydrogen) atoms. The van der Waals surface area contributed by atoms with Crippen molar-refractivity contribution in [3.8, 4) is 0 Å². The van der Waals surface area contributed by atoms with E-state index in [0.29, 0.717) is 0 Å². The molecule has 1 heterocycles. The Bertz CT molecular complexity index is 517. The summed E-state index contributed by atoms with van der Waals surface area (Å²) in [5.41, 5.74) is 2.26. The molecule has 1 aromatic carbocycles. The van der Waals surface area contributed by atoms with Gasteiger partial charge in [-0.2, -0.15) is 0 Å². The summed E-state index contributed by atoms with van der Waals surface area (Å²) in [6.07, 6.45) is 1.90. The molecule has 0 amide bonds. The van der Waals surface area contributed by atoms with Crippen LogP contribution < -0.4 is 9.88 Å². The van der Waals surface area contributed by atoms with E-state index in [1.807, 2.05) is 30.3 Å². The lowest BCUT2D eigenvalue weighted by molar-refractivity contribution is -0.674. The molecule has 0 spiro atoms. The van der Waals surface area contributed by atoms with Crippen molar-refractivity contribution in [2.75, 3.05) is 5.32 Å². The highest BCUT2D eigenvalue weighted by molar-refractivity contribution is 7.13. The quantitative estimate of drug-likeness (QED) is 0.654. The van der Waals surface area contributed by atoms with Gasteiger partial charge in [0.05, 0.1) is 0 Å². The van der Waals surface area contributed by atoms with Crippen LogP contribution in [0.25, 0.3) is 0 Å². The zero-order valence-corrected chi connectivity index (χ0v) is 11.2. The first-order valence-electron chi connectivity index (χ1n) is 5.32. The van der Waals surface area contributed by atoms with Gasteiger partial charge in [-0.1, -0.05) is 35.6 Å². The number of hydrogen-bond acceptors (Lipinski definition) is 2. The molecule has 2 rings (SSSR count). The third-order valence-corrected chi connectivity index (χ3v) is 3.68. The van der Waals surface area contributed by atoms with Gasteiger partial charge in [-0.15, -0.1) is 0 Å². The van der Waals surface area contributed by atoms with Gasteiger partial charge in [-0.3, -0.25) is 0 Å². The van der Waals surface area contributed by atoms with E-state index < -0.39 is 0 Å². The molecule has 2 nitrogen and oxygen atoms in total. The van der Waals surface area contributed by atoms with Crippen molar-refractivity contribution >= 4 is 33.8 Å². The van der Waals surface area contributed by atoms with E-state index in [9.17, 15) is 0 Å². The van der Waals surface area contributed by atoms with Crippen LogP contribution in [0.5, 0.6) is 0 Å². The van der Waals surface area contributed by atoms with Crippen molar-refractivity contribution < 1.29 is 4.57 Å². The average molecular weight is 266 g/mol. The third kappa shape index (κ3) is 2.87. The summed E-state index contributed by atoms with van der Waals surface area (Å²) in [5.74, 6) is 0. The smallest absolute Gasteiger partial charge is 0.231 e. The summed E-state index contributed by atoms with van der Waals surface area (Å²) in [5, 5.41) is 7.36. The molecule has 4 heteroatoms. The summed E-state index contributed by atoms with van der Waals surface area (Å²) >= 11 is 7.54. The Morgan fingerprint density at radius 2 is 2.12 bits per heavy atom. The van der Waals surface area contributed by atoms with E-state index in [1.54, 1.807) is 11.3 Å². The van der Waals surface area contributed by atoms with Crippen LogP contribution in [0.4, 0.5) is 10.8 Å². The van der Waals surface area contributed by atoms with E-state index in [2.05, 4.69) is 28.8 Å². The lowest BCUT2D eigenvalue weighted by atomic mass is 10.3. The highest BCUT2D eigenvalue weighted by Gasteiger charge is 2.14. The van der Waals surface area contributed by atoms with Gasteiger partial charge in [0.2, 0.25) is 0 Å². The van der Waals surface area contributed by atoms with Crippen molar-refractivity contribution in [1.82, 2.24) is 0 Å². The topological polar surface area (TPSA) is 15.9 Å². The van der Waals surface area contributed by atoms with Crippen molar-refractivity contribution in [2.45, 2.75) is 13.5 Å². The molecule has 0 saturated carbocycles. The van der Waals surface area contributed by atoms with Gasteiger partial charge < -0.3 is 0 Å². The van der Waals surface area contributed by atoms with Crippen LogP contribution in [0.15, 0.2) is 42.3 Å². The Hall–Kier alpha value is -1.32. The van der Waals surface area contributed by atoms with Crippen molar-refractivity contribution in [3.05, 3.63) is 53.0 Å².